The number of nitrogens with one attached hydrogen (secondary N) is 1. The van der Waals surface area contributed by atoms with Crippen molar-refractivity contribution in [1.82, 2.24) is 5.32 Å². The second kappa shape index (κ2) is 7.70. The molecular formula is C17H31NO2. The average Bonchev–Trinajstić information content (AvgIpc) is 2.35. The van der Waals surface area contributed by atoms with Crippen LogP contribution < -0.4 is 5.32 Å². The van der Waals surface area contributed by atoms with Crippen LogP contribution in [0.3, 0.4) is 0 Å². The fraction of sp³-hybridized carbons (Fsp3) is 0.824. The Morgan fingerprint density at radius 2 is 1.85 bits per heavy atom. The van der Waals surface area contributed by atoms with E-state index >= 15 is 0 Å². The van der Waals surface area contributed by atoms with Crippen LogP contribution in [-0.2, 0) is 4.74 Å². The zero-order valence-electron chi connectivity index (χ0n) is 13.8. The van der Waals surface area contributed by atoms with Crippen LogP contribution in [0.25, 0.3) is 0 Å². The Morgan fingerprint density at radius 1 is 1.25 bits per heavy atom. The van der Waals surface area contributed by atoms with E-state index in [0.29, 0.717) is 0 Å². The molecule has 0 aromatic rings. The minimum Gasteiger partial charge on any atom is -0.444 e. The highest BCUT2D eigenvalue weighted by atomic mass is 16.6. The van der Waals surface area contributed by atoms with Crippen molar-refractivity contribution in [3.05, 3.63) is 11.6 Å². The molecule has 0 spiro atoms. The van der Waals surface area contributed by atoms with Gasteiger partial charge in [-0.05, 0) is 72.1 Å². The van der Waals surface area contributed by atoms with Crippen molar-refractivity contribution in [3.63, 3.8) is 0 Å². The van der Waals surface area contributed by atoms with Crippen molar-refractivity contribution < 1.29 is 9.53 Å². The molecule has 116 valence electrons. The number of allylic oxidation sites excluding steroid dienone is 2. The normalized spacial score (nSPS) is 24.4. The Bertz CT molecular complexity index is 333. The molecule has 0 heterocycles. The SMILES string of the molecule is CC/C(C)=C/C[C@H]1CC[C@@H](NC(=O)OC(C)(C)C)CC1. The lowest BCUT2D eigenvalue weighted by Crippen LogP contribution is -2.40. The minimum atomic E-state index is -0.413. The van der Waals surface area contributed by atoms with Gasteiger partial charge in [0.1, 0.15) is 5.60 Å². The Balaban J connectivity index is 2.27. The number of hydrogen-bond donors (Lipinski definition) is 1. The molecule has 0 unspecified atom stereocenters. The van der Waals surface area contributed by atoms with Crippen LogP contribution in [0.1, 0.15) is 73.1 Å². The zero-order valence-corrected chi connectivity index (χ0v) is 13.8. The van der Waals surface area contributed by atoms with Gasteiger partial charge < -0.3 is 10.1 Å². The number of rotatable bonds is 4. The average molecular weight is 281 g/mol. The summed E-state index contributed by atoms with van der Waals surface area (Å²) in [5.41, 5.74) is 1.07. The molecule has 1 N–H and O–H groups in total. The number of carbonyl (C=O) groups excluding carboxylic acids is 1. The third-order valence-corrected chi connectivity index (χ3v) is 3.92. The first kappa shape index (κ1) is 17.1. The lowest BCUT2D eigenvalue weighted by Gasteiger charge is -2.29. The molecule has 0 atom stereocenters. The highest BCUT2D eigenvalue weighted by Gasteiger charge is 2.24. The maximum absolute atomic E-state index is 11.7. The van der Waals surface area contributed by atoms with Crippen LogP contribution in [0.4, 0.5) is 4.79 Å². The van der Waals surface area contributed by atoms with Gasteiger partial charge in [-0.1, -0.05) is 18.6 Å². The fourth-order valence-corrected chi connectivity index (χ4v) is 2.53. The quantitative estimate of drug-likeness (QED) is 0.750. The van der Waals surface area contributed by atoms with Crippen molar-refractivity contribution >= 4 is 6.09 Å². The topological polar surface area (TPSA) is 38.3 Å². The molecular weight excluding hydrogens is 250 g/mol. The molecule has 0 radical (unpaired) electrons. The van der Waals surface area contributed by atoms with E-state index in [1.165, 1.54) is 24.8 Å². The largest absolute Gasteiger partial charge is 0.444 e. The maximum atomic E-state index is 11.7. The van der Waals surface area contributed by atoms with Crippen molar-refractivity contribution in [2.24, 2.45) is 5.92 Å². The standard InChI is InChI=1S/C17H31NO2/c1-6-13(2)7-8-14-9-11-15(12-10-14)18-16(19)20-17(3,4)5/h7,14-15H,6,8-12H2,1-5H3,(H,18,19)/b13-7+/t14-,15+. The molecule has 3 heteroatoms. The predicted molar refractivity (Wildman–Crippen MR) is 83.8 cm³/mol. The van der Waals surface area contributed by atoms with Crippen molar-refractivity contribution in [2.45, 2.75) is 84.8 Å². The van der Waals surface area contributed by atoms with E-state index in [9.17, 15) is 4.79 Å². The van der Waals surface area contributed by atoms with Gasteiger partial charge in [-0.25, -0.2) is 4.79 Å². The van der Waals surface area contributed by atoms with Crippen LogP contribution in [0.5, 0.6) is 0 Å². The third kappa shape index (κ3) is 6.97. The highest BCUT2D eigenvalue weighted by Crippen LogP contribution is 2.28. The van der Waals surface area contributed by atoms with Crippen molar-refractivity contribution in [2.75, 3.05) is 0 Å². The second-order valence-corrected chi connectivity index (χ2v) is 7.00. The van der Waals surface area contributed by atoms with Crippen LogP contribution >= 0.6 is 0 Å². The van der Waals surface area contributed by atoms with Crippen molar-refractivity contribution in [1.29, 1.82) is 0 Å². The fourth-order valence-electron chi connectivity index (χ4n) is 2.53. The summed E-state index contributed by atoms with van der Waals surface area (Å²) in [7, 11) is 0. The van der Waals surface area contributed by atoms with Gasteiger partial charge in [-0.3, -0.25) is 0 Å². The first-order valence-electron chi connectivity index (χ1n) is 7.95. The summed E-state index contributed by atoms with van der Waals surface area (Å²) in [6.07, 6.45) is 9.00. The van der Waals surface area contributed by atoms with Gasteiger partial charge in [0.05, 0.1) is 0 Å². The number of amides is 1. The van der Waals surface area contributed by atoms with E-state index in [2.05, 4.69) is 25.2 Å². The monoisotopic (exact) mass is 281 g/mol. The van der Waals surface area contributed by atoms with Crippen LogP contribution in [0.2, 0.25) is 0 Å². The third-order valence-electron chi connectivity index (χ3n) is 3.92. The summed E-state index contributed by atoms with van der Waals surface area (Å²) < 4.78 is 5.30. The van der Waals surface area contributed by atoms with Crippen molar-refractivity contribution in [3.8, 4) is 0 Å². The molecule has 1 saturated carbocycles. The molecule has 1 aliphatic rings. The first-order chi connectivity index (χ1) is 9.30. The summed E-state index contributed by atoms with van der Waals surface area (Å²) in [4.78, 5) is 11.7. The summed E-state index contributed by atoms with van der Waals surface area (Å²) in [5.74, 6) is 0.785. The number of ether oxygens (including phenoxy) is 1. The number of carbonyl (C=O) groups is 1. The van der Waals surface area contributed by atoms with Gasteiger partial charge >= 0.3 is 6.09 Å². The lowest BCUT2D eigenvalue weighted by molar-refractivity contribution is 0.0487. The van der Waals surface area contributed by atoms with Gasteiger partial charge in [0.15, 0.2) is 0 Å². The van der Waals surface area contributed by atoms with E-state index in [1.807, 2.05) is 20.8 Å². The number of hydrogen-bond acceptors (Lipinski definition) is 2. The molecule has 0 aliphatic heterocycles. The smallest absolute Gasteiger partial charge is 0.407 e. The zero-order chi connectivity index (χ0) is 15.2. The molecule has 1 aliphatic carbocycles. The Hall–Kier alpha value is -0.990. The maximum Gasteiger partial charge on any atom is 0.407 e. The van der Waals surface area contributed by atoms with E-state index in [1.54, 1.807) is 0 Å². The van der Waals surface area contributed by atoms with E-state index in [4.69, 9.17) is 4.74 Å². The van der Waals surface area contributed by atoms with Gasteiger partial charge in [0.2, 0.25) is 0 Å². The summed E-state index contributed by atoms with van der Waals surface area (Å²) in [5, 5.41) is 3.00. The molecule has 0 bridgehead atoms. The molecule has 1 fully saturated rings. The molecule has 1 amide bonds. The van der Waals surface area contributed by atoms with Crippen LogP contribution in [0.15, 0.2) is 11.6 Å². The van der Waals surface area contributed by atoms with Crippen LogP contribution in [0, 0.1) is 5.92 Å². The molecule has 20 heavy (non-hydrogen) atoms. The second-order valence-electron chi connectivity index (χ2n) is 7.00. The summed E-state index contributed by atoms with van der Waals surface area (Å²) in [6.45, 7) is 10.1. The van der Waals surface area contributed by atoms with E-state index < -0.39 is 5.60 Å². The first-order valence-corrected chi connectivity index (χ1v) is 7.95. The van der Waals surface area contributed by atoms with Gasteiger partial charge in [-0.15, -0.1) is 0 Å². The van der Waals surface area contributed by atoms with E-state index in [0.717, 1.165) is 25.2 Å². The lowest BCUT2D eigenvalue weighted by atomic mass is 9.84. The Kier molecular flexibility index (Phi) is 6.57. The molecule has 3 nitrogen and oxygen atoms in total. The Labute approximate surface area is 124 Å². The number of alkyl carbamates (subject to hydrolysis) is 1. The van der Waals surface area contributed by atoms with Gasteiger partial charge in [0, 0.05) is 6.04 Å². The van der Waals surface area contributed by atoms with Crippen LogP contribution in [-0.4, -0.2) is 17.7 Å². The van der Waals surface area contributed by atoms with E-state index in [-0.39, 0.29) is 12.1 Å². The molecule has 0 aromatic carbocycles. The molecule has 0 saturated heterocycles. The van der Waals surface area contributed by atoms with Gasteiger partial charge in [0.25, 0.3) is 0 Å². The minimum absolute atomic E-state index is 0.275. The highest BCUT2D eigenvalue weighted by molar-refractivity contribution is 5.68. The summed E-state index contributed by atoms with van der Waals surface area (Å²) >= 11 is 0. The molecule has 0 aromatic heterocycles. The molecule has 1 rings (SSSR count). The predicted octanol–water partition coefficient (Wildman–Crippen LogP) is 4.82. The summed E-state index contributed by atoms with van der Waals surface area (Å²) in [6, 6.07) is 0.289. The van der Waals surface area contributed by atoms with Gasteiger partial charge in [-0.2, -0.15) is 0 Å². The Morgan fingerprint density at radius 3 is 2.35 bits per heavy atom.